The quantitative estimate of drug-likeness (QED) is 0.916. The Labute approximate surface area is 130 Å². The fourth-order valence-electron chi connectivity index (χ4n) is 2.68. The first-order chi connectivity index (χ1) is 10.5. The molecule has 0 aliphatic carbocycles. The van der Waals surface area contributed by atoms with Gasteiger partial charge in [0, 0.05) is 6.54 Å². The van der Waals surface area contributed by atoms with Crippen LogP contribution in [0.5, 0.6) is 0 Å². The molecule has 1 fully saturated rings. The minimum absolute atomic E-state index is 0.0482. The van der Waals surface area contributed by atoms with Crippen LogP contribution in [0.1, 0.15) is 45.8 Å². The highest BCUT2D eigenvalue weighted by Gasteiger charge is 2.34. The van der Waals surface area contributed by atoms with E-state index in [0.29, 0.717) is 29.4 Å². The van der Waals surface area contributed by atoms with Gasteiger partial charge in [0.05, 0.1) is 22.9 Å². The highest BCUT2D eigenvalue weighted by molar-refractivity contribution is 7.11. The number of nitrogens with zero attached hydrogens (tertiary/aromatic N) is 3. The Bertz CT molecular complexity index is 785. The van der Waals surface area contributed by atoms with Gasteiger partial charge in [-0.15, -0.1) is 11.3 Å². The van der Waals surface area contributed by atoms with Crippen molar-refractivity contribution in [1.82, 2.24) is 19.9 Å². The number of aryl methyl sites for hydroxylation is 2. The number of halogens is 1. The predicted molar refractivity (Wildman–Crippen MR) is 79.4 cm³/mol. The smallest absolute Gasteiger partial charge is 0.287 e. The summed E-state index contributed by atoms with van der Waals surface area (Å²) in [4.78, 5) is 37.2. The molecule has 1 saturated heterocycles. The summed E-state index contributed by atoms with van der Waals surface area (Å²) in [6.07, 6.45) is 1.51. The second-order valence-corrected chi connectivity index (χ2v) is 6.13. The van der Waals surface area contributed by atoms with E-state index in [9.17, 15) is 14.0 Å². The summed E-state index contributed by atoms with van der Waals surface area (Å²) >= 11 is 1.30. The van der Waals surface area contributed by atoms with Gasteiger partial charge in [-0.05, 0) is 26.7 Å². The Balaban J connectivity index is 1.96. The van der Waals surface area contributed by atoms with Gasteiger partial charge in [0.2, 0.25) is 5.82 Å². The third-order valence-corrected chi connectivity index (χ3v) is 4.73. The van der Waals surface area contributed by atoms with Crippen LogP contribution in [0, 0.1) is 19.7 Å². The van der Waals surface area contributed by atoms with Crippen LogP contribution < -0.4 is 5.56 Å². The number of rotatable bonds is 2. The first-order valence-electron chi connectivity index (χ1n) is 6.96. The number of carbonyl (C=O) groups is 1. The molecule has 0 saturated carbocycles. The molecule has 2 aromatic rings. The molecule has 8 heteroatoms. The average Bonchev–Trinajstić information content (AvgIpc) is 3.12. The Morgan fingerprint density at radius 3 is 2.86 bits per heavy atom. The first kappa shape index (κ1) is 14.8. The van der Waals surface area contributed by atoms with E-state index in [2.05, 4.69) is 15.0 Å². The maximum Gasteiger partial charge on any atom is 0.287 e. The summed E-state index contributed by atoms with van der Waals surface area (Å²) in [6.45, 7) is 3.82. The van der Waals surface area contributed by atoms with Crippen LogP contribution in [0.25, 0.3) is 0 Å². The Hall–Kier alpha value is -2.09. The zero-order chi connectivity index (χ0) is 15.9. The number of hydrogen-bond donors (Lipinski definition) is 1. The van der Waals surface area contributed by atoms with Gasteiger partial charge in [-0.2, -0.15) is 4.39 Å². The van der Waals surface area contributed by atoms with Crippen LogP contribution in [-0.4, -0.2) is 32.3 Å². The normalized spacial score (nSPS) is 18.0. The molecule has 6 nitrogen and oxygen atoms in total. The van der Waals surface area contributed by atoms with E-state index < -0.39 is 11.4 Å². The Kier molecular flexibility index (Phi) is 3.78. The lowest BCUT2D eigenvalue weighted by molar-refractivity contribution is 0.0733. The summed E-state index contributed by atoms with van der Waals surface area (Å²) in [5.74, 6) is -0.651. The summed E-state index contributed by atoms with van der Waals surface area (Å²) in [5.41, 5.74) is 1.58. The molecule has 1 N–H and O–H groups in total. The molecule has 0 spiro atoms. The molecule has 116 valence electrons. The summed E-state index contributed by atoms with van der Waals surface area (Å²) < 4.78 is 13.4. The van der Waals surface area contributed by atoms with Crippen molar-refractivity contribution >= 4 is 17.2 Å². The van der Waals surface area contributed by atoms with Crippen molar-refractivity contribution in [2.24, 2.45) is 0 Å². The lowest BCUT2D eigenvalue weighted by atomic mass is 10.2. The van der Waals surface area contributed by atoms with Crippen molar-refractivity contribution in [3.63, 3.8) is 0 Å². The number of H-pyrrole nitrogens is 1. The van der Waals surface area contributed by atoms with Crippen LogP contribution >= 0.6 is 11.3 Å². The highest BCUT2D eigenvalue weighted by atomic mass is 32.1. The van der Waals surface area contributed by atoms with Gasteiger partial charge in [0.25, 0.3) is 11.5 Å². The van der Waals surface area contributed by atoms with Gasteiger partial charge in [-0.3, -0.25) is 9.59 Å². The van der Waals surface area contributed by atoms with Gasteiger partial charge in [-0.25, -0.2) is 9.97 Å². The molecular formula is C14H15FN4O2S. The van der Waals surface area contributed by atoms with Crippen molar-refractivity contribution in [2.75, 3.05) is 6.54 Å². The van der Waals surface area contributed by atoms with E-state index in [4.69, 9.17) is 0 Å². The minimum Gasteiger partial charge on any atom is -0.328 e. The molecule has 1 unspecified atom stereocenters. The fraction of sp³-hybridized carbons (Fsp3) is 0.429. The molecule has 0 bridgehead atoms. The molecule has 1 atom stereocenters. The Morgan fingerprint density at radius 2 is 2.23 bits per heavy atom. The van der Waals surface area contributed by atoms with E-state index in [0.717, 1.165) is 6.42 Å². The topological polar surface area (TPSA) is 79.0 Å². The molecule has 1 amide bonds. The van der Waals surface area contributed by atoms with Gasteiger partial charge in [0.15, 0.2) is 0 Å². The van der Waals surface area contributed by atoms with Gasteiger partial charge in [-0.1, -0.05) is 0 Å². The third-order valence-electron chi connectivity index (χ3n) is 3.82. The molecular weight excluding hydrogens is 307 g/mol. The van der Waals surface area contributed by atoms with Gasteiger partial charge >= 0.3 is 0 Å². The maximum atomic E-state index is 13.4. The lowest BCUT2D eigenvalue weighted by Gasteiger charge is -2.23. The molecule has 1 aliphatic heterocycles. The molecule has 1 aliphatic rings. The summed E-state index contributed by atoms with van der Waals surface area (Å²) in [7, 11) is 0. The van der Waals surface area contributed by atoms with Crippen molar-refractivity contribution < 1.29 is 9.18 Å². The number of carbonyl (C=O) groups excluding carboxylic acids is 1. The first-order valence-corrected chi connectivity index (χ1v) is 7.84. The molecule has 0 radical (unpaired) electrons. The van der Waals surface area contributed by atoms with Crippen molar-refractivity contribution in [3.05, 3.63) is 43.8 Å². The van der Waals surface area contributed by atoms with Crippen LogP contribution in [0.3, 0.4) is 0 Å². The summed E-state index contributed by atoms with van der Waals surface area (Å²) in [6, 6.07) is -0.332. The minimum atomic E-state index is -0.877. The lowest BCUT2D eigenvalue weighted by Crippen LogP contribution is -2.33. The number of aromatic amines is 1. The zero-order valence-electron chi connectivity index (χ0n) is 12.2. The molecule has 3 heterocycles. The number of amides is 1. The number of aromatic nitrogens is 3. The monoisotopic (exact) mass is 322 g/mol. The van der Waals surface area contributed by atoms with Crippen LogP contribution in [-0.2, 0) is 0 Å². The van der Waals surface area contributed by atoms with E-state index in [1.165, 1.54) is 18.3 Å². The van der Waals surface area contributed by atoms with Crippen molar-refractivity contribution in [3.8, 4) is 0 Å². The van der Waals surface area contributed by atoms with Gasteiger partial charge in [0.1, 0.15) is 10.7 Å². The number of thiazole rings is 1. The predicted octanol–water partition coefficient (Wildman–Crippen LogP) is 1.96. The molecule has 0 aromatic carbocycles. The van der Waals surface area contributed by atoms with Crippen molar-refractivity contribution in [1.29, 1.82) is 0 Å². The van der Waals surface area contributed by atoms with E-state index >= 15 is 0 Å². The molecule has 22 heavy (non-hydrogen) atoms. The zero-order valence-corrected chi connectivity index (χ0v) is 13.0. The fourth-order valence-corrected chi connectivity index (χ4v) is 3.44. The second kappa shape index (κ2) is 5.60. The number of likely N-dealkylation sites (tertiary alicyclic amines) is 1. The van der Waals surface area contributed by atoms with Crippen LogP contribution in [0.15, 0.2) is 10.3 Å². The standard InChI is InChI=1S/C14H15FN4O2S/c1-7-10(15)13(20)18-12(17-7)9-4-3-5-19(9)14(21)11-8(2)16-6-22-11/h6,9H,3-5H2,1-2H3,(H,17,18,20). The Morgan fingerprint density at radius 1 is 1.45 bits per heavy atom. The number of nitrogens with one attached hydrogen (secondary N) is 1. The molecule has 3 rings (SSSR count). The SMILES string of the molecule is Cc1ncsc1C(=O)N1CCCC1c1nc(C)c(F)c(=O)[nH]1. The molecule has 2 aromatic heterocycles. The number of hydrogen-bond acceptors (Lipinski definition) is 5. The third kappa shape index (κ3) is 2.43. The van der Waals surface area contributed by atoms with Crippen LogP contribution in [0.4, 0.5) is 4.39 Å². The summed E-state index contributed by atoms with van der Waals surface area (Å²) in [5, 5.41) is 0. The van der Waals surface area contributed by atoms with Gasteiger partial charge < -0.3 is 9.88 Å². The largest absolute Gasteiger partial charge is 0.328 e. The van der Waals surface area contributed by atoms with E-state index in [1.807, 2.05) is 0 Å². The van der Waals surface area contributed by atoms with E-state index in [1.54, 1.807) is 17.3 Å². The average molecular weight is 322 g/mol. The second-order valence-electron chi connectivity index (χ2n) is 5.27. The van der Waals surface area contributed by atoms with E-state index in [-0.39, 0.29) is 17.6 Å². The highest BCUT2D eigenvalue weighted by Crippen LogP contribution is 2.32. The van der Waals surface area contributed by atoms with Crippen molar-refractivity contribution in [2.45, 2.75) is 32.7 Å². The van der Waals surface area contributed by atoms with Crippen LogP contribution in [0.2, 0.25) is 0 Å². The maximum absolute atomic E-state index is 13.4.